The Balaban J connectivity index is 1.99. The van der Waals surface area contributed by atoms with E-state index < -0.39 is 0 Å². The van der Waals surface area contributed by atoms with Crippen LogP contribution >= 0.6 is 22.9 Å². The van der Waals surface area contributed by atoms with Crippen LogP contribution in [0, 0.1) is 17.8 Å². The predicted octanol–water partition coefficient (Wildman–Crippen LogP) is 6.22. The molecule has 0 N–H and O–H groups in total. The molecule has 0 aromatic carbocycles. The van der Waals surface area contributed by atoms with Gasteiger partial charge in [0.25, 0.3) is 0 Å². The molecule has 0 aliphatic heterocycles. The molecule has 0 heterocycles. The summed E-state index contributed by atoms with van der Waals surface area (Å²) < 4.78 is 2.44. The Morgan fingerprint density at radius 1 is 0.750 bits per heavy atom. The first-order valence-corrected chi connectivity index (χ1v) is 10.1. The summed E-state index contributed by atoms with van der Waals surface area (Å²) in [6.07, 6.45) is 19.5. The van der Waals surface area contributed by atoms with Crippen molar-refractivity contribution >= 4 is 22.9 Å². The molecule has 0 aromatic heterocycles. The predicted molar refractivity (Wildman–Crippen MR) is 97.1 cm³/mol. The van der Waals surface area contributed by atoms with Crippen molar-refractivity contribution in [2.75, 3.05) is 13.6 Å². The van der Waals surface area contributed by atoms with E-state index in [1.807, 2.05) is 0 Å². The van der Waals surface area contributed by atoms with Crippen LogP contribution < -0.4 is 0 Å². The van der Waals surface area contributed by atoms with Gasteiger partial charge in [0.1, 0.15) is 0 Å². The molecule has 0 radical (unpaired) electrons. The Morgan fingerprint density at radius 3 is 1.45 bits per heavy atom. The molecule has 0 bridgehead atoms. The van der Waals surface area contributed by atoms with Crippen LogP contribution in [0.1, 0.15) is 83.5 Å². The maximum absolute atomic E-state index is 2.51. The van der Waals surface area contributed by atoms with Gasteiger partial charge in [-0.15, -0.1) is 0 Å². The maximum Gasteiger partial charge on any atom is 0.0198 e. The topological polar surface area (TPSA) is 3.24 Å². The van der Waals surface area contributed by atoms with Crippen molar-refractivity contribution in [3.8, 4) is 0 Å². The lowest BCUT2D eigenvalue weighted by Gasteiger charge is -2.36. The fourth-order valence-electron chi connectivity index (χ4n) is 4.63. The molecule has 2 fully saturated rings. The molecule has 20 heavy (non-hydrogen) atoms. The third-order valence-electron chi connectivity index (χ3n) is 5.72. The number of hydrogen-bond donors (Lipinski definition) is 0. The van der Waals surface area contributed by atoms with E-state index in [9.17, 15) is 0 Å². The first kappa shape index (κ1) is 17.1. The maximum atomic E-state index is 2.51. The normalized spacial score (nSPS) is 25.9. The van der Waals surface area contributed by atoms with E-state index in [1.165, 1.54) is 90.0 Å². The van der Waals surface area contributed by atoms with E-state index in [-0.39, 0.29) is 0 Å². The van der Waals surface area contributed by atoms with E-state index in [1.54, 1.807) is 0 Å². The van der Waals surface area contributed by atoms with E-state index in [0.29, 0.717) is 0 Å². The second-order valence-electron chi connectivity index (χ2n) is 7.31. The van der Waals surface area contributed by atoms with Gasteiger partial charge in [0.05, 0.1) is 0 Å². The van der Waals surface area contributed by atoms with Crippen molar-refractivity contribution in [3.63, 3.8) is 0 Å². The third kappa shape index (κ3) is 5.82. The minimum Gasteiger partial charge on any atom is -0.250 e. The van der Waals surface area contributed by atoms with Crippen LogP contribution in [0.3, 0.4) is 0 Å². The van der Waals surface area contributed by atoms with Crippen LogP contribution in [0.5, 0.6) is 0 Å². The lowest BCUT2D eigenvalue weighted by molar-refractivity contribution is 0.158. The fraction of sp³-hybridized carbons (Fsp3) is 1.00. The number of hydrogen-bond acceptors (Lipinski definition) is 1. The van der Waals surface area contributed by atoms with Crippen LogP contribution in [0.4, 0.5) is 0 Å². The smallest absolute Gasteiger partial charge is 0.0198 e. The second kappa shape index (κ2) is 9.66. The van der Waals surface area contributed by atoms with Crippen LogP contribution in [-0.2, 0) is 0 Å². The van der Waals surface area contributed by atoms with Crippen molar-refractivity contribution in [2.45, 2.75) is 83.5 Å². The summed E-state index contributed by atoms with van der Waals surface area (Å²) >= 11 is 2.51. The molecule has 1 atom stereocenters. The van der Waals surface area contributed by atoms with Gasteiger partial charge in [0.2, 0.25) is 0 Å². The van der Waals surface area contributed by atoms with Crippen LogP contribution in [0.2, 0.25) is 0 Å². The van der Waals surface area contributed by atoms with Gasteiger partial charge in [-0.3, -0.25) is 3.11 Å². The molecule has 1 nitrogen and oxygen atoms in total. The highest BCUT2D eigenvalue weighted by Crippen LogP contribution is 2.39. The van der Waals surface area contributed by atoms with Gasteiger partial charge in [0, 0.05) is 29.4 Å². The highest BCUT2D eigenvalue weighted by molar-refractivity contribution is 14.1. The zero-order chi connectivity index (χ0) is 14.2. The van der Waals surface area contributed by atoms with Crippen molar-refractivity contribution in [1.82, 2.24) is 3.11 Å². The molecule has 2 rings (SSSR count). The number of halogens is 1. The zero-order valence-corrected chi connectivity index (χ0v) is 15.6. The quantitative estimate of drug-likeness (QED) is 0.313. The molecular formula is C18H34IN. The minimum atomic E-state index is 0.980. The van der Waals surface area contributed by atoms with Crippen molar-refractivity contribution in [1.29, 1.82) is 0 Å². The minimum absolute atomic E-state index is 0.980. The number of rotatable bonds is 4. The summed E-state index contributed by atoms with van der Waals surface area (Å²) in [4.78, 5) is 0. The standard InChI is InChI=1S/C18H34IN/c1-20(19)15-18(17-13-9-5-6-10-14-17)16-11-7-3-2-4-8-12-16/h16-18H,2-15H2,1H3. The molecule has 0 spiro atoms. The summed E-state index contributed by atoms with van der Waals surface area (Å²) in [5, 5.41) is 0. The monoisotopic (exact) mass is 391 g/mol. The van der Waals surface area contributed by atoms with E-state index in [4.69, 9.17) is 0 Å². The molecule has 2 aliphatic carbocycles. The molecule has 2 heteroatoms. The lowest BCUT2D eigenvalue weighted by Crippen LogP contribution is -2.32. The van der Waals surface area contributed by atoms with E-state index >= 15 is 0 Å². The third-order valence-corrected chi connectivity index (χ3v) is 6.12. The highest BCUT2D eigenvalue weighted by atomic mass is 127. The van der Waals surface area contributed by atoms with Gasteiger partial charge < -0.3 is 0 Å². The Bertz CT molecular complexity index is 238. The average molecular weight is 391 g/mol. The number of nitrogens with zero attached hydrogens (tertiary/aromatic N) is 1. The van der Waals surface area contributed by atoms with Crippen molar-refractivity contribution < 1.29 is 0 Å². The molecule has 118 valence electrons. The van der Waals surface area contributed by atoms with Gasteiger partial charge in [-0.25, -0.2) is 0 Å². The Hall–Kier alpha value is 0.690. The second-order valence-corrected chi connectivity index (χ2v) is 8.96. The first-order valence-electron chi connectivity index (χ1n) is 9.14. The summed E-state index contributed by atoms with van der Waals surface area (Å²) in [6, 6.07) is 0. The fourth-order valence-corrected chi connectivity index (χ4v) is 5.08. The van der Waals surface area contributed by atoms with Gasteiger partial charge in [-0.1, -0.05) is 83.5 Å². The Morgan fingerprint density at radius 2 is 1.10 bits per heavy atom. The van der Waals surface area contributed by atoms with Crippen LogP contribution in [-0.4, -0.2) is 16.7 Å². The van der Waals surface area contributed by atoms with Gasteiger partial charge in [-0.05, 0) is 24.8 Å². The molecule has 0 aromatic rings. The Labute approximate surface area is 140 Å². The summed E-state index contributed by atoms with van der Waals surface area (Å²) in [5.74, 6) is 3.03. The van der Waals surface area contributed by atoms with E-state index in [0.717, 1.165) is 17.8 Å². The lowest BCUT2D eigenvalue weighted by atomic mass is 9.73. The summed E-state index contributed by atoms with van der Waals surface area (Å²) in [7, 11) is 2.27. The van der Waals surface area contributed by atoms with E-state index in [2.05, 4.69) is 33.0 Å². The summed E-state index contributed by atoms with van der Waals surface area (Å²) in [5.41, 5.74) is 0. The Kier molecular flexibility index (Phi) is 8.23. The summed E-state index contributed by atoms with van der Waals surface area (Å²) in [6.45, 7) is 1.33. The molecule has 2 aliphatic rings. The SMILES string of the molecule is CN(I)CC(C1CCCCCCC1)C1CCCCCC1. The van der Waals surface area contributed by atoms with Crippen molar-refractivity contribution in [3.05, 3.63) is 0 Å². The molecule has 0 amide bonds. The zero-order valence-electron chi connectivity index (χ0n) is 13.5. The molecule has 0 saturated heterocycles. The average Bonchev–Trinajstić information content (AvgIpc) is 2.64. The molecule has 1 unspecified atom stereocenters. The van der Waals surface area contributed by atoms with Crippen LogP contribution in [0.15, 0.2) is 0 Å². The first-order chi connectivity index (χ1) is 9.77. The van der Waals surface area contributed by atoms with Crippen molar-refractivity contribution in [2.24, 2.45) is 17.8 Å². The molecular weight excluding hydrogens is 357 g/mol. The van der Waals surface area contributed by atoms with Gasteiger partial charge in [-0.2, -0.15) is 0 Å². The highest BCUT2D eigenvalue weighted by Gasteiger charge is 2.30. The molecule has 2 saturated carbocycles. The van der Waals surface area contributed by atoms with Gasteiger partial charge in [0.15, 0.2) is 0 Å². The largest absolute Gasteiger partial charge is 0.250 e. The van der Waals surface area contributed by atoms with Gasteiger partial charge >= 0.3 is 0 Å². The van der Waals surface area contributed by atoms with Crippen LogP contribution in [0.25, 0.3) is 0 Å².